The van der Waals surface area contributed by atoms with Crippen LogP contribution in [-0.2, 0) is 0 Å². The zero-order valence-electron chi connectivity index (χ0n) is 6.20. The highest BCUT2D eigenvalue weighted by Crippen LogP contribution is 2.20. The molecule has 0 aliphatic heterocycles. The van der Waals surface area contributed by atoms with Gasteiger partial charge in [-0.15, -0.1) is 0 Å². The molecular formula is C9H8BrF. The molecule has 1 rings (SSSR count). The molecule has 2 heteroatoms. The van der Waals surface area contributed by atoms with Crippen LogP contribution in [0.15, 0.2) is 23.2 Å². The molecule has 11 heavy (non-hydrogen) atoms. The summed E-state index contributed by atoms with van der Waals surface area (Å²) < 4.78 is 13.4. The van der Waals surface area contributed by atoms with Crippen LogP contribution in [0.1, 0.15) is 11.1 Å². The van der Waals surface area contributed by atoms with E-state index in [9.17, 15) is 4.39 Å². The summed E-state index contributed by atoms with van der Waals surface area (Å²) in [4.78, 5) is 0. The van der Waals surface area contributed by atoms with Gasteiger partial charge < -0.3 is 0 Å². The molecule has 1 aromatic carbocycles. The summed E-state index contributed by atoms with van der Waals surface area (Å²) in [5.74, 6) is -0.245. The Morgan fingerprint density at radius 1 is 1.55 bits per heavy atom. The van der Waals surface area contributed by atoms with Crippen LogP contribution in [0.2, 0.25) is 0 Å². The first-order chi connectivity index (χ1) is 5.15. The largest absolute Gasteiger partial charge is 0.206 e. The van der Waals surface area contributed by atoms with Gasteiger partial charge in [-0.25, -0.2) is 4.39 Å². The lowest BCUT2D eigenvalue weighted by atomic mass is 10.1. The number of benzene rings is 1. The first-order valence-corrected chi connectivity index (χ1v) is 4.02. The highest BCUT2D eigenvalue weighted by Gasteiger charge is 2.01. The van der Waals surface area contributed by atoms with Crippen LogP contribution >= 0.6 is 15.9 Å². The van der Waals surface area contributed by atoms with Crippen LogP contribution in [0, 0.1) is 12.7 Å². The normalized spacial score (nSPS) is 9.73. The molecule has 0 aromatic heterocycles. The summed E-state index contributed by atoms with van der Waals surface area (Å²) in [6.07, 6.45) is 1.64. The topological polar surface area (TPSA) is 0 Å². The van der Waals surface area contributed by atoms with Gasteiger partial charge in [0, 0.05) is 0 Å². The van der Waals surface area contributed by atoms with Gasteiger partial charge in [-0.05, 0) is 46.1 Å². The van der Waals surface area contributed by atoms with E-state index in [-0.39, 0.29) is 5.82 Å². The minimum absolute atomic E-state index is 0.245. The summed E-state index contributed by atoms with van der Waals surface area (Å²) in [5.41, 5.74) is 1.86. The molecule has 0 aliphatic rings. The molecule has 0 nitrogen and oxygen atoms in total. The van der Waals surface area contributed by atoms with Gasteiger partial charge in [0.05, 0.1) is 4.47 Å². The van der Waals surface area contributed by atoms with Gasteiger partial charge in [0.2, 0.25) is 0 Å². The molecule has 0 heterocycles. The van der Waals surface area contributed by atoms with Crippen LogP contribution in [0.3, 0.4) is 0 Å². The highest BCUT2D eigenvalue weighted by atomic mass is 79.9. The molecule has 0 bridgehead atoms. The zero-order chi connectivity index (χ0) is 8.43. The van der Waals surface area contributed by atoms with Gasteiger partial charge in [-0.1, -0.05) is 12.7 Å². The van der Waals surface area contributed by atoms with Gasteiger partial charge in [0.15, 0.2) is 0 Å². The lowest BCUT2D eigenvalue weighted by Gasteiger charge is -2.01. The van der Waals surface area contributed by atoms with Gasteiger partial charge in [0.1, 0.15) is 5.82 Å². The minimum atomic E-state index is -0.245. The van der Waals surface area contributed by atoms with Crippen LogP contribution < -0.4 is 0 Å². The fraction of sp³-hybridized carbons (Fsp3) is 0.111. The van der Waals surface area contributed by atoms with E-state index in [0.717, 1.165) is 11.1 Å². The van der Waals surface area contributed by atoms with Crippen molar-refractivity contribution >= 4 is 22.0 Å². The Labute approximate surface area is 73.9 Å². The number of rotatable bonds is 1. The van der Waals surface area contributed by atoms with E-state index in [1.807, 2.05) is 6.92 Å². The van der Waals surface area contributed by atoms with Crippen molar-refractivity contribution in [3.63, 3.8) is 0 Å². The van der Waals surface area contributed by atoms with Crippen LogP contribution in [0.5, 0.6) is 0 Å². The fourth-order valence-electron chi connectivity index (χ4n) is 0.882. The van der Waals surface area contributed by atoms with Gasteiger partial charge in [-0.2, -0.15) is 0 Å². The second kappa shape index (κ2) is 3.18. The van der Waals surface area contributed by atoms with Crippen molar-refractivity contribution in [2.75, 3.05) is 0 Å². The van der Waals surface area contributed by atoms with Crippen molar-refractivity contribution in [3.8, 4) is 0 Å². The molecular weight excluding hydrogens is 207 g/mol. The molecule has 0 fully saturated rings. The van der Waals surface area contributed by atoms with Crippen molar-refractivity contribution in [3.05, 3.63) is 40.1 Å². The third kappa shape index (κ3) is 1.69. The molecule has 0 aliphatic carbocycles. The van der Waals surface area contributed by atoms with Gasteiger partial charge in [-0.3, -0.25) is 0 Å². The maximum absolute atomic E-state index is 12.9. The van der Waals surface area contributed by atoms with E-state index in [1.54, 1.807) is 12.1 Å². The van der Waals surface area contributed by atoms with E-state index < -0.39 is 0 Å². The molecule has 0 amide bonds. The Morgan fingerprint density at radius 2 is 2.18 bits per heavy atom. The summed E-state index contributed by atoms with van der Waals surface area (Å²) in [6, 6.07) is 3.21. The average molecular weight is 215 g/mol. The minimum Gasteiger partial charge on any atom is -0.206 e. The Hall–Kier alpha value is -0.630. The maximum Gasteiger partial charge on any atom is 0.137 e. The first-order valence-electron chi connectivity index (χ1n) is 3.23. The zero-order valence-corrected chi connectivity index (χ0v) is 7.78. The van der Waals surface area contributed by atoms with Crippen LogP contribution in [0.4, 0.5) is 4.39 Å². The average Bonchev–Trinajstić information content (AvgIpc) is 1.97. The highest BCUT2D eigenvalue weighted by molar-refractivity contribution is 9.10. The molecule has 0 unspecified atom stereocenters. The van der Waals surface area contributed by atoms with E-state index in [1.165, 1.54) is 6.07 Å². The molecule has 0 saturated heterocycles. The summed E-state index contributed by atoms with van der Waals surface area (Å²) in [7, 11) is 0. The summed E-state index contributed by atoms with van der Waals surface area (Å²) >= 11 is 3.10. The molecule has 0 radical (unpaired) electrons. The van der Waals surface area contributed by atoms with E-state index >= 15 is 0 Å². The Balaban J connectivity index is 3.31. The number of aryl methyl sites for hydroxylation is 1. The van der Waals surface area contributed by atoms with E-state index in [4.69, 9.17) is 0 Å². The number of hydrogen-bond donors (Lipinski definition) is 0. The SMILES string of the molecule is C=Cc1cc(F)c(Br)cc1C. The standard InChI is InChI=1S/C9H8BrF/c1-3-7-5-9(11)8(10)4-6(7)2/h3-5H,1H2,2H3. The van der Waals surface area contributed by atoms with E-state index in [0.29, 0.717) is 4.47 Å². The Kier molecular flexibility index (Phi) is 2.45. The van der Waals surface area contributed by atoms with Crippen LogP contribution in [-0.4, -0.2) is 0 Å². The van der Waals surface area contributed by atoms with Crippen LogP contribution in [0.25, 0.3) is 6.08 Å². The molecule has 0 atom stereocenters. The van der Waals surface area contributed by atoms with Crippen molar-refractivity contribution in [1.82, 2.24) is 0 Å². The lowest BCUT2D eigenvalue weighted by Crippen LogP contribution is -1.84. The smallest absolute Gasteiger partial charge is 0.137 e. The maximum atomic E-state index is 12.9. The van der Waals surface area contributed by atoms with Crippen molar-refractivity contribution < 1.29 is 4.39 Å². The number of halogens is 2. The summed E-state index contributed by atoms with van der Waals surface area (Å²) in [5, 5.41) is 0. The molecule has 0 saturated carbocycles. The van der Waals surface area contributed by atoms with Crippen molar-refractivity contribution in [1.29, 1.82) is 0 Å². The second-order valence-corrected chi connectivity index (χ2v) is 3.18. The third-order valence-electron chi connectivity index (χ3n) is 1.53. The van der Waals surface area contributed by atoms with Gasteiger partial charge in [0.25, 0.3) is 0 Å². The first kappa shape index (κ1) is 8.47. The molecule has 58 valence electrons. The Morgan fingerprint density at radius 3 is 2.73 bits per heavy atom. The van der Waals surface area contributed by atoms with Crippen molar-refractivity contribution in [2.24, 2.45) is 0 Å². The number of hydrogen-bond acceptors (Lipinski definition) is 0. The fourth-order valence-corrected chi connectivity index (χ4v) is 1.34. The van der Waals surface area contributed by atoms with Crippen molar-refractivity contribution in [2.45, 2.75) is 6.92 Å². The second-order valence-electron chi connectivity index (χ2n) is 2.33. The predicted octanol–water partition coefficient (Wildman–Crippen LogP) is 3.54. The summed E-state index contributed by atoms with van der Waals surface area (Å²) in [6.45, 7) is 5.50. The third-order valence-corrected chi connectivity index (χ3v) is 2.14. The predicted molar refractivity (Wildman–Crippen MR) is 48.9 cm³/mol. The Bertz CT molecular complexity index is 292. The molecule has 1 aromatic rings. The molecule has 0 spiro atoms. The van der Waals surface area contributed by atoms with Gasteiger partial charge >= 0.3 is 0 Å². The van der Waals surface area contributed by atoms with E-state index in [2.05, 4.69) is 22.5 Å². The monoisotopic (exact) mass is 214 g/mol. The quantitative estimate of drug-likeness (QED) is 0.672. The molecule has 0 N–H and O–H groups in total. The lowest BCUT2D eigenvalue weighted by molar-refractivity contribution is 0.620.